The van der Waals surface area contributed by atoms with E-state index in [1.807, 2.05) is 20.8 Å². The van der Waals surface area contributed by atoms with Gasteiger partial charge in [-0.25, -0.2) is 4.98 Å². The molecule has 0 radical (unpaired) electrons. The van der Waals surface area contributed by atoms with Crippen LogP contribution in [0.5, 0.6) is 0 Å². The minimum atomic E-state index is -0.00352. The van der Waals surface area contributed by atoms with Gasteiger partial charge in [0.25, 0.3) is 0 Å². The molecule has 0 saturated heterocycles. The van der Waals surface area contributed by atoms with Crippen molar-refractivity contribution in [1.29, 1.82) is 0 Å². The molecular weight excluding hydrogens is 230 g/mol. The predicted molar refractivity (Wildman–Crippen MR) is 70.1 cm³/mol. The first-order valence-electron chi connectivity index (χ1n) is 6.33. The summed E-state index contributed by atoms with van der Waals surface area (Å²) in [4.78, 5) is 15.8. The van der Waals surface area contributed by atoms with Crippen molar-refractivity contribution in [2.75, 3.05) is 6.54 Å². The lowest BCUT2D eigenvalue weighted by atomic mass is 10.1. The average Bonchev–Trinajstić information content (AvgIpc) is 2.58. The molecule has 0 spiro atoms. The van der Waals surface area contributed by atoms with Gasteiger partial charge >= 0.3 is 0 Å². The van der Waals surface area contributed by atoms with Crippen molar-refractivity contribution >= 4 is 5.91 Å². The highest BCUT2D eigenvalue weighted by Gasteiger charge is 2.11. The lowest BCUT2D eigenvalue weighted by Gasteiger charge is -2.17. The van der Waals surface area contributed by atoms with Gasteiger partial charge in [-0.1, -0.05) is 13.8 Å². The number of amides is 1. The van der Waals surface area contributed by atoms with Gasteiger partial charge in [-0.3, -0.25) is 10.1 Å². The van der Waals surface area contributed by atoms with E-state index in [2.05, 4.69) is 29.5 Å². The molecular formula is C13H23N3O2. The van der Waals surface area contributed by atoms with E-state index in [9.17, 15) is 4.79 Å². The fourth-order valence-corrected chi connectivity index (χ4v) is 1.37. The number of hydrogen-bond acceptors (Lipinski definition) is 4. The van der Waals surface area contributed by atoms with Crippen LogP contribution in [0.2, 0.25) is 0 Å². The van der Waals surface area contributed by atoms with E-state index in [1.54, 1.807) is 0 Å². The Bertz CT molecular complexity index is 379. The summed E-state index contributed by atoms with van der Waals surface area (Å²) in [5.41, 5.74) is 0.893. The molecule has 1 atom stereocenters. The number of hydrogen-bond donors (Lipinski definition) is 2. The molecule has 1 aromatic heterocycles. The normalized spacial score (nSPS) is 12.8. The van der Waals surface area contributed by atoms with Crippen LogP contribution in [0.1, 0.15) is 38.1 Å². The lowest BCUT2D eigenvalue weighted by molar-refractivity contribution is -0.121. The van der Waals surface area contributed by atoms with E-state index in [-0.39, 0.29) is 18.5 Å². The first-order valence-corrected chi connectivity index (χ1v) is 6.33. The molecule has 5 heteroatoms. The Hall–Kier alpha value is -1.36. The third kappa shape index (κ3) is 4.49. The first-order chi connectivity index (χ1) is 8.40. The van der Waals surface area contributed by atoms with Crippen LogP contribution in [0.4, 0.5) is 0 Å². The average molecular weight is 253 g/mol. The highest BCUT2D eigenvalue weighted by molar-refractivity contribution is 5.78. The van der Waals surface area contributed by atoms with Crippen molar-refractivity contribution in [2.24, 2.45) is 5.92 Å². The molecule has 1 aromatic rings. The van der Waals surface area contributed by atoms with Gasteiger partial charge in [0, 0.05) is 6.04 Å². The molecule has 0 bridgehead atoms. The minimum Gasteiger partial charge on any atom is -0.444 e. The van der Waals surface area contributed by atoms with Crippen molar-refractivity contribution in [3.05, 3.63) is 17.3 Å². The molecule has 1 rings (SSSR count). The number of carbonyl (C=O) groups excluding carboxylic acids is 1. The number of carbonyl (C=O) groups is 1. The van der Waals surface area contributed by atoms with Crippen LogP contribution in [0.15, 0.2) is 4.42 Å². The molecule has 0 aliphatic heterocycles. The Morgan fingerprint density at radius 1 is 1.33 bits per heavy atom. The Labute approximate surface area is 108 Å². The fourth-order valence-electron chi connectivity index (χ4n) is 1.37. The number of nitrogens with one attached hydrogen (secondary N) is 2. The van der Waals surface area contributed by atoms with Crippen molar-refractivity contribution in [3.63, 3.8) is 0 Å². The van der Waals surface area contributed by atoms with Gasteiger partial charge in [0.15, 0.2) is 0 Å². The van der Waals surface area contributed by atoms with Gasteiger partial charge in [-0.2, -0.15) is 0 Å². The number of oxazole rings is 1. The Morgan fingerprint density at radius 2 is 2.00 bits per heavy atom. The topological polar surface area (TPSA) is 67.2 Å². The molecule has 0 fully saturated rings. The maximum absolute atomic E-state index is 11.6. The number of aromatic nitrogens is 1. The van der Waals surface area contributed by atoms with Crippen LogP contribution in [0.25, 0.3) is 0 Å². The molecule has 1 amide bonds. The molecule has 18 heavy (non-hydrogen) atoms. The zero-order valence-electron chi connectivity index (χ0n) is 11.8. The molecule has 0 aliphatic carbocycles. The summed E-state index contributed by atoms with van der Waals surface area (Å²) < 4.78 is 5.41. The number of nitrogens with zero attached hydrogens (tertiary/aromatic N) is 1. The van der Waals surface area contributed by atoms with Gasteiger partial charge in [-0.15, -0.1) is 0 Å². The molecule has 0 aromatic carbocycles. The van der Waals surface area contributed by atoms with Crippen molar-refractivity contribution in [1.82, 2.24) is 15.6 Å². The van der Waals surface area contributed by atoms with Crippen LogP contribution >= 0.6 is 0 Å². The van der Waals surface area contributed by atoms with E-state index < -0.39 is 0 Å². The molecule has 1 unspecified atom stereocenters. The summed E-state index contributed by atoms with van der Waals surface area (Å²) in [6, 6.07) is 0.186. The second-order valence-electron chi connectivity index (χ2n) is 4.95. The predicted octanol–water partition coefficient (Wildman–Crippen LogP) is 1.54. The second-order valence-corrected chi connectivity index (χ2v) is 4.95. The van der Waals surface area contributed by atoms with Crippen LogP contribution in [-0.4, -0.2) is 23.5 Å². The third-order valence-electron chi connectivity index (χ3n) is 3.02. The summed E-state index contributed by atoms with van der Waals surface area (Å²) in [5.74, 6) is 1.88. The monoisotopic (exact) mass is 253 g/mol. The third-order valence-corrected chi connectivity index (χ3v) is 3.02. The molecule has 0 aliphatic rings. The van der Waals surface area contributed by atoms with Crippen LogP contribution in [0.3, 0.4) is 0 Å². The molecule has 2 N–H and O–H groups in total. The zero-order chi connectivity index (χ0) is 13.7. The summed E-state index contributed by atoms with van der Waals surface area (Å²) in [7, 11) is 0. The Kier molecular flexibility index (Phi) is 5.34. The number of rotatable bonds is 6. The molecule has 0 saturated carbocycles. The quantitative estimate of drug-likeness (QED) is 0.807. The molecule has 5 nitrogen and oxygen atoms in total. The maximum Gasteiger partial charge on any atom is 0.234 e. The fraction of sp³-hybridized carbons (Fsp3) is 0.692. The SMILES string of the molecule is Cc1nc(CNCC(=O)NC(C)C(C)C)oc1C. The van der Waals surface area contributed by atoms with Gasteiger partial charge < -0.3 is 9.73 Å². The standard InChI is InChI=1S/C13H23N3O2/c1-8(2)9(3)15-12(17)6-14-7-13-16-10(4)11(5)18-13/h8-9,14H,6-7H2,1-5H3,(H,15,17). The van der Waals surface area contributed by atoms with E-state index in [4.69, 9.17) is 4.42 Å². The second kappa shape index (κ2) is 6.54. The van der Waals surface area contributed by atoms with Crippen LogP contribution in [-0.2, 0) is 11.3 Å². The number of aryl methyl sites for hydroxylation is 2. The summed E-state index contributed by atoms with van der Waals surface area (Å²) in [6.07, 6.45) is 0. The molecule has 1 heterocycles. The van der Waals surface area contributed by atoms with Gasteiger partial charge in [0.2, 0.25) is 11.8 Å². The van der Waals surface area contributed by atoms with Crippen molar-refractivity contribution in [2.45, 2.75) is 47.2 Å². The largest absolute Gasteiger partial charge is 0.444 e. The lowest BCUT2D eigenvalue weighted by Crippen LogP contribution is -2.41. The summed E-state index contributed by atoms with van der Waals surface area (Å²) in [6.45, 7) is 10.7. The van der Waals surface area contributed by atoms with E-state index in [1.165, 1.54) is 0 Å². The van der Waals surface area contributed by atoms with Crippen molar-refractivity contribution < 1.29 is 9.21 Å². The molecule has 102 valence electrons. The van der Waals surface area contributed by atoms with E-state index >= 15 is 0 Å². The summed E-state index contributed by atoms with van der Waals surface area (Å²) in [5, 5.41) is 5.95. The maximum atomic E-state index is 11.6. The van der Waals surface area contributed by atoms with Crippen LogP contribution in [0, 0.1) is 19.8 Å². The highest BCUT2D eigenvalue weighted by atomic mass is 16.4. The highest BCUT2D eigenvalue weighted by Crippen LogP contribution is 2.07. The van der Waals surface area contributed by atoms with E-state index in [0.29, 0.717) is 18.4 Å². The minimum absolute atomic E-state index is 0.00352. The zero-order valence-corrected chi connectivity index (χ0v) is 11.8. The van der Waals surface area contributed by atoms with Gasteiger partial charge in [-0.05, 0) is 26.7 Å². The summed E-state index contributed by atoms with van der Waals surface area (Å²) >= 11 is 0. The van der Waals surface area contributed by atoms with Gasteiger partial charge in [0.1, 0.15) is 5.76 Å². The van der Waals surface area contributed by atoms with Gasteiger partial charge in [0.05, 0.1) is 18.8 Å². The smallest absolute Gasteiger partial charge is 0.234 e. The van der Waals surface area contributed by atoms with Crippen LogP contribution < -0.4 is 10.6 Å². The van der Waals surface area contributed by atoms with Crippen molar-refractivity contribution in [3.8, 4) is 0 Å². The Balaban J connectivity index is 2.27. The Morgan fingerprint density at radius 3 is 2.50 bits per heavy atom. The first kappa shape index (κ1) is 14.7. The van der Waals surface area contributed by atoms with E-state index in [0.717, 1.165) is 11.5 Å².